The van der Waals surface area contributed by atoms with E-state index in [2.05, 4.69) is 16.0 Å². The first-order chi connectivity index (χ1) is 9.29. The van der Waals surface area contributed by atoms with Crippen LogP contribution in [0.4, 0.5) is 0 Å². The van der Waals surface area contributed by atoms with Gasteiger partial charge in [0, 0.05) is 11.6 Å². The van der Waals surface area contributed by atoms with Crippen LogP contribution in [0.25, 0.3) is 10.8 Å². The Morgan fingerprint density at radius 1 is 1.37 bits per heavy atom. The number of hydrogen-bond donors (Lipinski definition) is 0. The van der Waals surface area contributed by atoms with Crippen LogP contribution >= 0.6 is 0 Å². The fraction of sp³-hybridized carbons (Fsp3) is 0.333. The van der Waals surface area contributed by atoms with Gasteiger partial charge >= 0.3 is 0 Å². The second-order valence-electron chi connectivity index (χ2n) is 4.84. The van der Waals surface area contributed by atoms with E-state index in [1.807, 2.05) is 18.2 Å². The first-order valence-electron chi connectivity index (χ1n) is 6.31. The van der Waals surface area contributed by atoms with Crippen LogP contribution in [0.15, 0.2) is 35.5 Å². The van der Waals surface area contributed by atoms with Crippen LogP contribution < -0.4 is 4.74 Å². The van der Waals surface area contributed by atoms with E-state index in [4.69, 9.17) is 4.74 Å². The quantitative estimate of drug-likeness (QED) is 0.625. The summed E-state index contributed by atoms with van der Waals surface area (Å²) in [4.78, 5) is 18.8. The van der Waals surface area contributed by atoms with E-state index in [0.717, 1.165) is 35.6 Å². The lowest BCUT2D eigenvalue weighted by Crippen LogP contribution is -2.31. The minimum Gasteiger partial charge on any atom is -0.481 e. The van der Waals surface area contributed by atoms with Crippen molar-refractivity contribution in [1.82, 2.24) is 4.98 Å². The van der Waals surface area contributed by atoms with Crippen molar-refractivity contribution in [3.05, 3.63) is 36.0 Å². The lowest BCUT2D eigenvalue weighted by molar-refractivity contribution is 0.256. The van der Waals surface area contributed by atoms with Crippen molar-refractivity contribution in [2.24, 2.45) is 4.99 Å². The third kappa shape index (κ3) is 1.81. The Hall–Kier alpha value is -2.19. The number of aromatic nitrogens is 1. The molecule has 0 unspecified atom stereocenters. The monoisotopic (exact) mass is 254 g/mol. The summed E-state index contributed by atoms with van der Waals surface area (Å²) >= 11 is 0. The number of nitrogens with zero attached hydrogens (tertiary/aromatic N) is 2. The smallest absolute Gasteiger partial charge is 0.235 e. The third-order valence-corrected chi connectivity index (χ3v) is 3.90. The number of hydrogen-bond acceptors (Lipinski definition) is 4. The van der Waals surface area contributed by atoms with Gasteiger partial charge in [0.05, 0.1) is 12.6 Å². The van der Waals surface area contributed by atoms with Crippen molar-refractivity contribution in [1.29, 1.82) is 0 Å². The maximum absolute atomic E-state index is 10.6. The van der Waals surface area contributed by atoms with Gasteiger partial charge in [-0.05, 0) is 48.4 Å². The van der Waals surface area contributed by atoms with Gasteiger partial charge in [0.15, 0.2) is 0 Å². The Morgan fingerprint density at radius 2 is 2.21 bits per heavy atom. The van der Waals surface area contributed by atoms with E-state index in [-0.39, 0.29) is 5.54 Å². The minimum atomic E-state index is -0.355. The van der Waals surface area contributed by atoms with Crippen molar-refractivity contribution >= 4 is 16.9 Å². The van der Waals surface area contributed by atoms with Crippen LogP contribution in [0, 0.1) is 0 Å². The number of carbonyl (C=O) groups excluding carboxylic acids is 1. The fourth-order valence-corrected chi connectivity index (χ4v) is 2.67. The molecular formula is C15H14N2O2. The zero-order valence-electron chi connectivity index (χ0n) is 10.7. The summed E-state index contributed by atoms with van der Waals surface area (Å²) in [5.41, 5.74) is 0.717. The Morgan fingerprint density at radius 3 is 2.84 bits per heavy atom. The standard InChI is InChI=1S/C15H14N2O2/c1-19-14-13-4-3-12(9-11(13)5-8-16-14)15(17-10-18)6-2-7-15/h3-5,8-9H,2,6-7H2,1H3. The Bertz CT molecular complexity index is 671. The van der Waals surface area contributed by atoms with Gasteiger partial charge in [0.2, 0.25) is 12.0 Å². The summed E-state index contributed by atoms with van der Waals surface area (Å²) in [5.74, 6) is 0.616. The molecule has 0 N–H and O–H groups in total. The van der Waals surface area contributed by atoms with Crippen LogP contribution in [0.3, 0.4) is 0 Å². The van der Waals surface area contributed by atoms with Gasteiger partial charge in [0.25, 0.3) is 0 Å². The van der Waals surface area contributed by atoms with Gasteiger partial charge in [-0.3, -0.25) is 0 Å². The number of methoxy groups -OCH3 is 1. The molecule has 19 heavy (non-hydrogen) atoms. The Kier molecular flexibility index (Phi) is 2.80. The first-order valence-corrected chi connectivity index (χ1v) is 6.31. The summed E-state index contributed by atoms with van der Waals surface area (Å²) in [7, 11) is 1.61. The highest BCUT2D eigenvalue weighted by atomic mass is 16.5. The molecule has 1 aliphatic rings. The molecule has 1 heterocycles. The number of rotatable bonds is 3. The highest BCUT2D eigenvalue weighted by Gasteiger charge is 2.38. The summed E-state index contributed by atoms with van der Waals surface area (Å²) in [6.07, 6.45) is 6.37. The van der Waals surface area contributed by atoms with Crippen LogP contribution in [0.2, 0.25) is 0 Å². The summed E-state index contributed by atoms with van der Waals surface area (Å²) < 4.78 is 5.24. The lowest BCUT2D eigenvalue weighted by Gasteiger charge is -2.37. The van der Waals surface area contributed by atoms with Crippen molar-refractivity contribution < 1.29 is 9.53 Å². The maximum Gasteiger partial charge on any atom is 0.235 e. The van der Waals surface area contributed by atoms with Crippen LogP contribution in [-0.2, 0) is 10.3 Å². The van der Waals surface area contributed by atoms with Gasteiger partial charge in [0.1, 0.15) is 0 Å². The first kappa shape index (κ1) is 11.9. The van der Waals surface area contributed by atoms with Crippen molar-refractivity contribution in [2.75, 3.05) is 7.11 Å². The zero-order valence-corrected chi connectivity index (χ0v) is 10.7. The molecule has 1 fully saturated rings. The average Bonchev–Trinajstić information content (AvgIpc) is 2.41. The Labute approximate surface area is 111 Å². The summed E-state index contributed by atoms with van der Waals surface area (Å²) in [6.45, 7) is 0. The number of isocyanates is 1. The SMILES string of the molecule is COc1nccc2cc(C3(N=C=O)CCC3)ccc12. The Balaban J connectivity index is 2.14. The van der Waals surface area contributed by atoms with E-state index in [1.165, 1.54) is 0 Å². The van der Waals surface area contributed by atoms with E-state index in [0.29, 0.717) is 5.88 Å². The fourth-order valence-electron chi connectivity index (χ4n) is 2.67. The predicted molar refractivity (Wildman–Crippen MR) is 71.9 cm³/mol. The van der Waals surface area contributed by atoms with E-state index >= 15 is 0 Å². The molecule has 4 nitrogen and oxygen atoms in total. The molecule has 0 spiro atoms. The normalized spacial score (nSPS) is 16.5. The second-order valence-corrected chi connectivity index (χ2v) is 4.84. The van der Waals surface area contributed by atoms with Crippen molar-refractivity contribution in [3.8, 4) is 5.88 Å². The van der Waals surface area contributed by atoms with E-state index in [1.54, 1.807) is 19.4 Å². The molecule has 3 rings (SSSR count). The van der Waals surface area contributed by atoms with Crippen LogP contribution in [0.5, 0.6) is 5.88 Å². The second kappa shape index (κ2) is 4.48. The number of benzene rings is 1. The maximum atomic E-state index is 10.6. The van der Waals surface area contributed by atoms with Gasteiger partial charge in [-0.25, -0.2) is 9.78 Å². The highest BCUT2D eigenvalue weighted by Crippen LogP contribution is 2.45. The zero-order chi connectivity index (χ0) is 13.3. The van der Waals surface area contributed by atoms with Crippen LogP contribution in [-0.4, -0.2) is 18.2 Å². The molecule has 0 amide bonds. The largest absolute Gasteiger partial charge is 0.481 e. The van der Waals surface area contributed by atoms with Gasteiger partial charge in [-0.1, -0.05) is 6.07 Å². The predicted octanol–water partition coefficient (Wildman–Crippen LogP) is 2.96. The van der Waals surface area contributed by atoms with E-state index in [9.17, 15) is 4.79 Å². The number of ether oxygens (including phenoxy) is 1. The minimum absolute atomic E-state index is 0.355. The molecule has 1 aliphatic carbocycles. The van der Waals surface area contributed by atoms with Crippen molar-refractivity contribution in [3.63, 3.8) is 0 Å². The molecule has 0 saturated heterocycles. The highest BCUT2D eigenvalue weighted by molar-refractivity contribution is 5.87. The molecule has 1 aromatic carbocycles. The summed E-state index contributed by atoms with van der Waals surface area (Å²) in [6, 6.07) is 8.00. The number of fused-ring (bicyclic) bond motifs is 1. The molecule has 96 valence electrons. The average molecular weight is 254 g/mol. The van der Waals surface area contributed by atoms with Crippen LogP contribution in [0.1, 0.15) is 24.8 Å². The topological polar surface area (TPSA) is 51.6 Å². The third-order valence-electron chi connectivity index (χ3n) is 3.90. The van der Waals surface area contributed by atoms with Crippen molar-refractivity contribution in [2.45, 2.75) is 24.8 Å². The van der Waals surface area contributed by atoms with Gasteiger partial charge in [-0.2, -0.15) is 4.99 Å². The summed E-state index contributed by atoms with van der Waals surface area (Å²) in [5, 5.41) is 2.02. The molecular weight excluding hydrogens is 240 g/mol. The molecule has 0 aliphatic heterocycles. The van der Waals surface area contributed by atoms with E-state index < -0.39 is 0 Å². The number of aliphatic imine (C=N–C) groups is 1. The van der Waals surface area contributed by atoms with Gasteiger partial charge < -0.3 is 4.74 Å². The molecule has 4 heteroatoms. The molecule has 1 aromatic heterocycles. The number of pyridine rings is 1. The molecule has 0 radical (unpaired) electrons. The van der Waals surface area contributed by atoms with Gasteiger partial charge in [-0.15, -0.1) is 0 Å². The molecule has 2 aromatic rings. The molecule has 1 saturated carbocycles. The lowest BCUT2D eigenvalue weighted by atomic mass is 9.72. The molecule has 0 atom stereocenters. The molecule has 0 bridgehead atoms.